The summed E-state index contributed by atoms with van der Waals surface area (Å²) in [6.07, 6.45) is 6.24. The Morgan fingerprint density at radius 1 is 1.12 bits per heavy atom. The van der Waals surface area contributed by atoms with E-state index in [1.165, 1.54) is 5.69 Å². The molecule has 1 unspecified atom stereocenters. The number of ether oxygens (including phenoxy) is 1. The quantitative estimate of drug-likeness (QED) is 0.734. The number of hydrogen-bond acceptors (Lipinski definition) is 6. The van der Waals surface area contributed by atoms with E-state index in [2.05, 4.69) is 14.8 Å². The maximum atomic E-state index is 12.8. The largest absolute Gasteiger partial charge is 0.464 e. The topological polar surface area (TPSA) is 66.0 Å². The van der Waals surface area contributed by atoms with Crippen molar-refractivity contribution in [1.29, 1.82) is 0 Å². The van der Waals surface area contributed by atoms with E-state index in [9.17, 15) is 9.59 Å². The highest BCUT2D eigenvalue weighted by atomic mass is 16.5. The van der Waals surface area contributed by atoms with Gasteiger partial charge in [0.05, 0.1) is 13.2 Å². The Morgan fingerprint density at radius 3 is 2.54 bits per heavy atom. The van der Waals surface area contributed by atoms with Crippen molar-refractivity contribution in [3.63, 3.8) is 0 Å². The highest BCUT2D eigenvalue weighted by Gasteiger charge is 2.34. The zero-order valence-corrected chi connectivity index (χ0v) is 15.5. The van der Waals surface area contributed by atoms with Gasteiger partial charge in [-0.25, -0.2) is 4.79 Å². The first kappa shape index (κ1) is 18.6. The molecule has 1 aromatic heterocycles. The van der Waals surface area contributed by atoms with E-state index in [1.54, 1.807) is 24.2 Å². The molecule has 142 valence electrons. The van der Waals surface area contributed by atoms with Gasteiger partial charge in [0.1, 0.15) is 6.04 Å². The monoisotopic (exact) mass is 360 g/mol. The minimum atomic E-state index is -0.408. The molecule has 3 rings (SSSR count). The van der Waals surface area contributed by atoms with Gasteiger partial charge in [-0.2, -0.15) is 0 Å². The third kappa shape index (κ3) is 4.52. The fourth-order valence-corrected chi connectivity index (χ4v) is 3.71. The van der Waals surface area contributed by atoms with Crippen LogP contribution in [-0.4, -0.2) is 78.6 Å². The molecule has 1 aromatic rings. The molecule has 0 spiro atoms. The fourth-order valence-electron chi connectivity index (χ4n) is 3.71. The number of amides is 1. The lowest BCUT2D eigenvalue weighted by molar-refractivity contribution is -0.157. The molecule has 0 aliphatic carbocycles. The van der Waals surface area contributed by atoms with Gasteiger partial charge in [-0.3, -0.25) is 14.7 Å². The number of esters is 1. The van der Waals surface area contributed by atoms with E-state index >= 15 is 0 Å². The molecule has 7 heteroatoms. The Bertz CT molecular complexity index is 602. The molecule has 2 aliphatic heterocycles. The summed E-state index contributed by atoms with van der Waals surface area (Å²) in [5.74, 6) is -0.219. The van der Waals surface area contributed by atoms with Crippen LogP contribution in [0, 0.1) is 0 Å². The third-order valence-electron chi connectivity index (χ3n) is 5.14. The lowest BCUT2D eigenvalue weighted by atomic mass is 10.0. The Labute approximate surface area is 154 Å². The number of likely N-dealkylation sites (tertiary alicyclic amines) is 1. The average Bonchev–Trinajstić information content (AvgIpc) is 2.69. The van der Waals surface area contributed by atoms with Crippen molar-refractivity contribution in [2.45, 2.75) is 32.2 Å². The number of piperidine rings is 1. The molecule has 3 heterocycles. The van der Waals surface area contributed by atoms with Gasteiger partial charge in [-0.1, -0.05) is 0 Å². The first-order chi connectivity index (χ1) is 12.7. The van der Waals surface area contributed by atoms with Gasteiger partial charge >= 0.3 is 5.97 Å². The van der Waals surface area contributed by atoms with Crippen molar-refractivity contribution in [3.8, 4) is 0 Å². The highest BCUT2D eigenvalue weighted by Crippen LogP contribution is 2.20. The summed E-state index contributed by atoms with van der Waals surface area (Å²) in [6.45, 7) is 6.64. The van der Waals surface area contributed by atoms with Crippen LogP contribution in [0.25, 0.3) is 0 Å². The van der Waals surface area contributed by atoms with E-state index in [0.717, 1.165) is 39.0 Å². The molecule has 0 saturated carbocycles. The van der Waals surface area contributed by atoms with Crippen molar-refractivity contribution >= 4 is 17.6 Å². The van der Waals surface area contributed by atoms with Crippen molar-refractivity contribution in [1.82, 2.24) is 14.8 Å². The Morgan fingerprint density at radius 2 is 1.85 bits per heavy atom. The molecule has 2 saturated heterocycles. The molecule has 26 heavy (non-hydrogen) atoms. The zero-order chi connectivity index (χ0) is 18.4. The van der Waals surface area contributed by atoms with Crippen LogP contribution in [0.4, 0.5) is 5.69 Å². The highest BCUT2D eigenvalue weighted by molar-refractivity contribution is 5.85. The van der Waals surface area contributed by atoms with Gasteiger partial charge in [-0.05, 0) is 38.3 Å². The summed E-state index contributed by atoms with van der Waals surface area (Å²) in [5.41, 5.74) is 1.17. The van der Waals surface area contributed by atoms with Crippen LogP contribution in [0.2, 0.25) is 0 Å². The minimum Gasteiger partial charge on any atom is -0.464 e. The van der Waals surface area contributed by atoms with Gasteiger partial charge < -0.3 is 14.5 Å². The van der Waals surface area contributed by atoms with E-state index in [0.29, 0.717) is 26.1 Å². The van der Waals surface area contributed by atoms with Crippen molar-refractivity contribution < 1.29 is 14.3 Å². The van der Waals surface area contributed by atoms with Crippen LogP contribution in [0.5, 0.6) is 0 Å². The molecule has 7 nitrogen and oxygen atoms in total. The number of hydrogen-bond donors (Lipinski definition) is 0. The van der Waals surface area contributed by atoms with E-state index in [1.807, 2.05) is 12.1 Å². The van der Waals surface area contributed by atoms with Crippen LogP contribution >= 0.6 is 0 Å². The van der Waals surface area contributed by atoms with Gasteiger partial charge in [0.25, 0.3) is 0 Å². The second-order valence-electron chi connectivity index (χ2n) is 6.82. The van der Waals surface area contributed by atoms with Gasteiger partial charge in [-0.15, -0.1) is 0 Å². The number of nitrogens with zero attached hydrogens (tertiary/aromatic N) is 4. The number of piperazine rings is 1. The molecule has 0 aromatic carbocycles. The van der Waals surface area contributed by atoms with Gasteiger partial charge in [0, 0.05) is 50.8 Å². The summed E-state index contributed by atoms with van der Waals surface area (Å²) in [6, 6.07) is 3.62. The molecule has 0 N–H and O–H groups in total. The van der Waals surface area contributed by atoms with Crippen molar-refractivity contribution in [2.75, 3.05) is 50.8 Å². The first-order valence-corrected chi connectivity index (χ1v) is 9.52. The van der Waals surface area contributed by atoms with Crippen molar-refractivity contribution in [2.24, 2.45) is 0 Å². The predicted octanol–water partition coefficient (Wildman–Crippen LogP) is 1.15. The number of carbonyl (C=O) groups is 2. The summed E-state index contributed by atoms with van der Waals surface area (Å²) < 4.78 is 5.16. The Balaban J connectivity index is 1.52. The number of pyridine rings is 1. The lowest BCUT2D eigenvalue weighted by Crippen LogP contribution is -2.54. The Hall–Kier alpha value is -2.15. The molecule has 1 atom stereocenters. The lowest BCUT2D eigenvalue weighted by Gasteiger charge is -2.38. The first-order valence-electron chi connectivity index (χ1n) is 9.52. The number of aromatic nitrogens is 1. The smallest absolute Gasteiger partial charge is 0.328 e. The average molecular weight is 360 g/mol. The summed E-state index contributed by atoms with van der Waals surface area (Å²) in [7, 11) is 0. The third-order valence-corrected chi connectivity index (χ3v) is 5.14. The molecule has 0 bridgehead atoms. The molecule has 0 radical (unpaired) electrons. The summed E-state index contributed by atoms with van der Waals surface area (Å²) >= 11 is 0. The van der Waals surface area contributed by atoms with Crippen LogP contribution in [0.15, 0.2) is 24.5 Å². The number of anilines is 1. The SMILES string of the molecule is CCOC(=O)C1CCCCN1C(=O)CN1CCN(c2ccncc2)CC1. The van der Waals surface area contributed by atoms with E-state index in [-0.39, 0.29) is 11.9 Å². The maximum absolute atomic E-state index is 12.8. The number of carbonyl (C=O) groups excluding carboxylic acids is 2. The minimum absolute atomic E-state index is 0.0418. The van der Waals surface area contributed by atoms with Gasteiger partial charge in [0.15, 0.2) is 0 Å². The van der Waals surface area contributed by atoms with Gasteiger partial charge in [0.2, 0.25) is 5.91 Å². The molecule has 2 fully saturated rings. The number of rotatable bonds is 5. The summed E-state index contributed by atoms with van der Waals surface area (Å²) in [5, 5.41) is 0. The zero-order valence-electron chi connectivity index (χ0n) is 15.5. The van der Waals surface area contributed by atoms with Crippen LogP contribution in [-0.2, 0) is 14.3 Å². The fraction of sp³-hybridized carbons (Fsp3) is 0.632. The molecule has 1 amide bonds. The summed E-state index contributed by atoms with van der Waals surface area (Å²) in [4.78, 5) is 35.2. The second-order valence-corrected chi connectivity index (χ2v) is 6.82. The molecular weight excluding hydrogens is 332 g/mol. The normalized spacial score (nSPS) is 21.5. The second kappa shape index (κ2) is 8.98. The predicted molar refractivity (Wildman–Crippen MR) is 98.9 cm³/mol. The van der Waals surface area contributed by atoms with Crippen LogP contribution in [0.3, 0.4) is 0 Å². The Kier molecular flexibility index (Phi) is 6.44. The molecular formula is C19H28N4O3. The maximum Gasteiger partial charge on any atom is 0.328 e. The van der Waals surface area contributed by atoms with E-state index in [4.69, 9.17) is 4.74 Å². The van der Waals surface area contributed by atoms with Crippen LogP contribution in [0.1, 0.15) is 26.2 Å². The van der Waals surface area contributed by atoms with Crippen LogP contribution < -0.4 is 4.90 Å². The van der Waals surface area contributed by atoms with Crippen molar-refractivity contribution in [3.05, 3.63) is 24.5 Å². The van der Waals surface area contributed by atoms with E-state index < -0.39 is 6.04 Å². The standard InChI is InChI=1S/C19H28N4O3/c1-2-26-19(25)17-5-3-4-10-23(17)18(24)15-21-11-13-22(14-12-21)16-6-8-20-9-7-16/h6-9,17H,2-5,10-15H2,1H3. The molecule has 2 aliphatic rings.